The quantitative estimate of drug-likeness (QED) is 0.790. The summed E-state index contributed by atoms with van der Waals surface area (Å²) >= 11 is 0. The van der Waals surface area contributed by atoms with Crippen LogP contribution in [0, 0.1) is 0 Å². The number of hydrogen-bond acceptors (Lipinski definition) is 3. The van der Waals surface area contributed by atoms with Gasteiger partial charge in [-0.05, 0) is 25.3 Å². The lowest BCUT2D eigenvalue weighted by atomic mass is 10.1. The number of nitrogens with one attached hydrogen (secondary N) is 1. The van der Waals surface area contributed by atoms with E-state index < -0.39 is 0 Å². The molecule has 0 amide bonds. The van der Waals surface area contributed by atoms with Crippen LogP contribution in [-0.2, 0) is 11.4 Å². The van der Waals surface area contributed by atoms with Crippen LogP contribution in [0.3, 0.4) is 0 Å². The molecule has 1 N–H and O–H groups in total. The summed E-state index contributed by atoms with van der Waals surface area (Å²) in [7, 11) is 0. The van der Waals surface area contributed by atoms with Gasteiger partial charge in [-0.1, -0.05) is 30.3 Å². The van der Waals surface area contributed by atoms with Crippen molar-refractivity contribution >= 4 is 0 Å². The van der Waals surface area contributed by atoms with Crippen LogP contribution < -0.4 is 5.48 Å². The van der Waals surface area contributed by atoms with Crippen molar-refractivity contribution in [3.8, 4) is 0 Å². The van der Waals surface area contributed by atoms with E-state index in [-0.39, 0.29) is 0 Å². The molecule has 94 valence electrons. The second-order valence-electron chi connectivity index (χ2n) is 4.59. The summed E-state index contributed by atoms with van der Waals surface area (Å²) in [6.45, 7) is 6.13. The molecule has 0 bridgehead atoms. The maximum absolute atomic E-state index is 5.26. The number of hydrogen-bond donors (Lipinski definition) is 1. The van der Waals surface area contributed by atoms with Crippen molar-refractivity contribution in [2.24, 2.45) is 0 Å². The summed E-state index contributed by atoms with van der Waals surface area (Å²) in [5.41, 5.74) is 4.54. The fraction of sp³-hybridized carbons (Fsp3) is 0.571. The van der Waals surface area contributed by atoms with Gasteiger partial charge in [0.05, 0.1) is 6.61 Å². The molecular formula is C14H22N2O. The van der Waals surface area contributed by atoms with E-state index in [1.54, 1.807) is 0 Å². The van der Waals surface area contributed by atoms with Crippen LogP contribution in [0.5, 0.6) is 0 Å². The van der Waals surface area contributed by atoms with Gasteiger partial charge < -0.3 is 4.84 Å². The van der Waals surface area contributed by atoms with Gasteiger partial charge in [0.1, 0.15) is 0 Å². The van der Waals surface area contributed by atoms with Gasteiger partial charge in [0, 0.05) is 25.7 Å². The van der Waals surface area contributed by atoms with Gasteiger partial charge in [-0.15, -0.1) is 0 Å². The number of likely N-dealkylation sites (tertiary alicyclic amines) is 1. The molecule has 0 radical (unpaired) electrons. The molecule has 1 saturated heterocycles. The first-order valence-corrected chi connectivity index (χ1v) is 6.52. The Labute approximate surface area is 104 Å². The summed E-state index contributed by atoms with van der Waals surface area (Å²) in [5.74, 6) is 0. The van der Waals surface area contributed by atoms with E-state index in [1.165, 1.54) is 18.4 Å². The minimum Gasteiger partial charge on any atom is -0.302 e. The molecule has 0 unspecified atom stereocenters. The number of benzene rings is 1. The highest BCUT2D eigenvalue weighted by molar-refractivity contribution is 5.14. The van der Waals surface area contributed by atoms with Crippen molar-refractivity contribution in [2.45, 2.75) is 32.4 Å². The van der Waals surface area contributed by atoms with Crippen LogP contribution in [0.25, 0.3) is 0 Å². The van der Waals surface area contributed by atoms with Crippen LogP contribution in [0.15, 0.2) is 30.3 Å². The first-order valence-electron chi connectivity index (χ1n) is 6.52. The van der Waals surface area contributed by atoms with Gasteiger partial charge in [-0.3, -0.25) is 4.90 Å². The lowest BCUT2D eigenvalue weighted by molar-refractivity contribution is 0.00579. The summed E-state index contributed by atoms with van der Waals surface area (Å²) in [4.78, 5) is 7.77. The molecule has 1 aromatic rings. The molecule has 1 fully saturated rings. The average molecular weight is 234 g/mol. The van der Waals surface area contributed by atoms with Gasteiger partial charge >= 0.3 is 0 Å². The molecule has 2 rings (SSSR count). The monoisotopic (exact) mass is 234 g/mol. The molecule has 0 spiro atoms. The number of piperidine rings is 1. The Morgan fingerprint density at radius 2 is 1.94 bits per heavy atom. The highest BCUT2D eigenvalue weighted by atomic mass is 16.6. The Morgan fingerprint density at radius 3 is 2.59 bits per heavy atom. The zero-order valence-corrected chi connectivity index (χ0v) is 10.6. The molecule has 3 heteroatoms. The van der Waals surface area contributed by atoms with Crippen molar-refractivity contribution < 1.29 is 4.84 Å². The highest BCUT2D eigenvalue weighted by Crippen LogP contribution is 2.13. The Kier molecular flexibility index (Phi) is 4.98. The third-order valence-electron chi connectivity index (χ3n) is 3.23. The van der Waals surface area contributed by atoms with E-state index in [0.29, 0.717) is 6.04 Å². The largest absolute Gasteiger partial charge is 0.302 e. The third kappa shape index (κ3) is 4.11. The van der Waals surface area contributed by atoms with Gasteiger partial charge in [-0.25, -0.2) is 0 Å². The summed E-state index contributed by atoms with van der Waals surface area (Å²) in [6.07, 6.45) is 2.35. The van der Waals surface area contributed by atoms with E-state index in [4.69, 9.17) is 4.84 Å². The SMILES string of the molecule is CCONC1CCN(Cc2ccccc2)CC1. The van der Waals surface area contributed by atoms with Crippen LogP contribution in [0.4, 0.5) is 0 Å². The second kappa shape index (κ2) is 6.74. The van der Waals surface area contributed by atoms with E-state index in [1.807, 2.05) is 6.92 Å². The minimum absolute atomic E-state index is 0.530. The molecule has 3 nitrogen and oxygen atoms in total. The van der Waals surface area contributed by atoms with Crippen LogP contribution in [0.1, 0.15) is 25.3 Å². The summed E-state index contributed by atoms with van der Waals surface area (Å²) in [6, 6.07) is 11.2. The molecule has 0 atom stereocenters. The minimum atomic E-state index is 0.530. The molecule has 17 heavy (non-hydrogen) atoms. The predicted octanol–water partition coefficient (Wildman–Crippen LogP) is 2.19. The summed E-state index contributed by atoms with van der Waals surface area (Å²) in [5, 5.41) is 0. The van der Waals surface area contributed by atoms with Gasteiger partial charge in [0.2, 0.25) is 0 Å². The van der Waals surface area contributed by atoms with Crippen molar-refractivity contribution in [2.75, 3.05) is 19.7 Å². The Hall–Kier alpha value is -0.900. The topological polar surface area (TPSA) is 24.5 Å². The lowest BCUT2D eigenvalue weighted by Gasteiger charge is -2.32. The first-order chi connectivity index (χ1) is 8.38. The zero-order valence-electron chi connectivity index (χ0n) is 10.6. The van der Waals surface area contributed by atoms with Gasteiger partial charge in [0.15, 0.2) is 0 Å². The number of rotatable bonds is 5. The Morgan fingerprint density at radius 1 is 1.24 bits per heavy atom. The first kappa shape index (κ1) is 12.6. The Balaban J connectivity index is 1.72. The molecule has 1 aliphatic rings. The van der Waals surface area contributed by atoms with E-state index >= 15 is 0 Å². The zero-order chi connectivity index (χ0) is 11.9. The maximum Gasteiger partial charge on any atom is 0.0654 e. The average Bonchev–Trinajstić information content (AvgIpc) is 2.39. The Bertz CT molecular complexity index is 307. The lowest BCUT2D eigenvalue weighted by Crippen LogP contribution is -2.42. The third-order valence-corrected chi connectivity index (χ3v) is 3.23. The van der Waals surface area contributed by atoms with E-state index in [9.17, 15) is 0 Å². The van der Waals surface area contributed by atoms with Crippen molar-refractivity contribution in [1.29, 1.82) is 0 Å². The van der Waals surface area contributed by atoms with E-state index in [0.717, 1.165) is 26.2 Å². The maximum atomic E-state index is 5.26. The molecule has 1 heterocycles. The number of nitrogens with zero attached hydrogens (tertiary/aromatic N) is 1. The molecule has 0 aliphatic carbocycles. The highest BCUT2D eigenvalue weighted by Gasteiger charge is 2.18. The fourth-order valence-corrected chi connectivity index (χ4v) is 2.25. The van der Waals surface area contributed by atoms with E-state index in [2.05, 4.69) is 40.7 Å². The molecule has 0 saturated carbocycles. The molecule has 1 aromatic carbocycles. The normalized spacial score (nSPS) is 18.4. The van der Waals surface area contributed by atoms with Crippen molar-refractivity contribution in [1.82, 2.24) is 10.4 Å². The fourth-order valence-electron chi connectivity index (χ4n) is 2.25. The van der Waals surface area contributed by atoms with Crippen LogP contribution in [0.2, 0.25) is 0 Å². The summed E-state index contributed by atoms with van der Waals surface area (Å²) < 4.78 is 0. The molecular weight excluding hydrogens is 212 g/mol. The number of hydroxylamine groups is 1. The smallest absolute Gasteiger partial charge is 0.0654 e. The second-order valence-corrected chi connectivity index (χ2v) is 4.59. The molecule has 0 aromatic heterocycles. The van der Waals surface area contributed by atoms with Crippen molar-refractivity contribution in [3.63, 3.8) is 0 Å². The van der Waals surface area contributed by atoms with Gasteiger partial charge in [0.25, 0.3) is 0 Å². The predicted molar refractivity (Wildman–Crippen MR) is 69.5 cm³/mol. The van der Waals surface area contributed by atoms with Crippen LogP contribution >= 0.6 is 0 Å². The van der Waals surface area contributed by atoms with Crippen molar-refractivity contribution in [3.05, 3.63) is 35.9 Å². The van der Waals surface area contributed by atoms with Gasteiger partial charge in [-0.2, -0.15) is 5.48 Å². The molecule has 1 aliphatic heterocycles. The standard InChI is InChI=1S/C14H22N2O/c1-2-17-15-14-8-10-16(11-9-14)12-13-6-4-3-5-7-13/h3-7,14-15H,2,8-12H2,1H3. The van der Waals surface area contributed by atoms with Crippen LogP contribution in [-0.4, -0.2) is 30.6 Å².